The number of ether oxygens (including phenoxy) is 1. The molecule has 34 heavy (non-hydrogen) atoms. The van der Waals surface area contributed by atoms with Gasteiger partial charge in [0.15, 0.2) is 0 Å². The van der Waals surface area contributed by atoms with Crippen molar-refractivity contribution < 1.29 is 29.2 Å². The Morgan fingerprint density at radius 2 is 1.85 bits per heavy atom. The van der Waals surface area contributed by atoms with Gasteiger partial charge in [-0.05, 0) is 42.3 Å². The molecule has 2 heterocycles. The number of nitro benzene ring substituents is 1. The second-order valence-electron chi connectivity index (χ2n) is 7.82. The van der Waals surface area contributed by atoms with E-state index in [0.29, 0.717) is 21.6 Å². The summed E-state index contributed by atoms with van der Waals surface area (Å²) in [5.74, 6) is -2.00. The Labute approximate surface area is 198 Å². The van der Waals surface area contributed by atoms with Crippen LogP contribution in [0.1, 0.15) is 28.4 Å². The number of aliphatic hydroxyl groups excluding tert-OH is 1. The van der Waals surface area contributed by atoms with Crippen molar-refractivity contribution in [2.45, 2.75) is 25.0 Å². The molecule has 1 fully saturated rings. The molecule has 4 rings (SSSR count). The molecule has 3 atom stereocenters. The van der Waals surface area contributed by atoms with E-state index < -0.39 is 28.3 Å². The zero-order valence-corrected chi connectivity index (χ0v) is 19.1. The van der Waals surface area contributed by atoms with Crippen molar-refractivity contribution >= 4 is 40.1 Å². The van der Waals surface area contributed by atoms with E-state index >= 15 is 0 Å². The third-order valence-corrected chi connectivity index (χ3v) is 7.06. The van der Waals surface area contributed by atoms with E-state index in [1.165, 1.54) is 54.9 Å². The van der Waals surface area contributed by atoms with Crippen LogP contribution in [-0.4, -0.2) is 51.2 Å². The number of benzene rings is 2. The number of thioether (sulfide) groups is 1. The Morgan fingerprint density at radius 1 is 1.21 bits per heavy atom. The van der Waals surface area contributed by atoms with Crippen LogP contribution in [0, 0.1) is 16.0 Å². The summed E-state index contributed by atoms with van der Waals surface area (Å²) in [4.78, 5) is 49.8. The number of amides is 2. The lowest BCUT2D eigenvalue weighted by Gasteiger charge is -2.43. The van der Waals surface area contributed by atoms with Crippen molar-refractivity contribution in [3.05, 3.63) is 81.0 Å². The molecule has 2 aliphatic heterocycles. The number of non-ortho nitro benzene ring substituents is 1. The first kappa shape index (κ1) is 23.5. The van der Waals surface area contributed by atoms with Crippen LogP contribution >= 0.6 is 11.8 Å². The minimum Gasteiger partial charge on any atom is -0.456 e. The normalized spacial score (nSPS) is 19.9. The number of nitrogens with one attached hydrogen (secondary N) is 1. The summed E-state index contributed by atoms with van der Waals surface area (Å²) in [6, 6.07) is 12.2. The van der Waals surface area contributed by atoms with Crippen LogP contribution in [0.15, 0.2) is 54.2 Å². The SMILES string of the molecule is CNC(=O)c1ccc(C2=C(C(=O)OCc3ccc([N+](=O)[O-])cc3)N3C(=O)[C@H]([C@@H](C)O)[C@H]3S2)cc1. The lowest BCUT2D eigenvalue weighted by Crippen LogP contribution is -2.60. The number of carbonyl (C=O) groups is 3. The van der Waals surface area contributed by atoms with Crippen molar-refractivity contribution in [1.29, 1.82) is 0 Å². The molecule has 10 nitrogen and oxygen atoms in total. The quantitative estimate of drug-likeness (QED) is 0.265. The summed E-state index contributed by atoms with van der Waals surface area (Å²) < 4.78 is 5.44. The van der Waals surface area contributed by atoms with Gasteiger partial charge in [0.1, 0.15) is 17.7 Å². The number of aliphatic hydroxyl groups is 1. The van der Waals surface area contributed by atoms with E-state index in [2.05, 4.69) is 5.32 Å². The fourth-order valence-corrected chi connectivity index (χ4v) is 5.44. The molecule has 2 amide bonds. The van der Waals surface area contributed by atoms with Gasteiger partial charge in [-0.15, -0.1) is 0 Å². The van der Waals surface area contributed by atoms with Gasteiger partial charge in [0.2, 0.25) is 5.91 Å². The Bertz CT molecular complexity index is 1190. The van der Waals surface area contributed by atoms with Crippen LogP contribution in [0.4, 0.5) is 5.69 Å². The van der Waals surface area contributed by atoms with Crippen LogP contribution in [0.25, 0.3) is 4.91 Å². The average molecular weight is 484 g/mol. The van der Waals surface area contributed by atoms with Crippen molar-refractivity contribution in [2.24, 2.45) is 5.92 Å². The lowest BCUT2D eigenvalue weighted by molar-refractivity contribution is -0.384. The summed E-state index contributed by atoms with van der Waals surface area (Å²) in [5.41, 5.74) is 1.62. The number of esters is 1. The highest BCUT2D eigenvalue weighted by Crippen LogP contribution is 2.54. The molecule has 0 aromatic heterocycles. The summed E-state index contributed by atoms with van der Waals surface area (Å²) in [6.45, 7) is 1.39. The molecule has 2 aromatic rings. The number of carbonyl (C=O) groups excluding carboxylic acids is 3. The molecular weight excluding hydrogens is 462 g/mol. The first-order valence-corrected chi connectivity index (χ1v) is 11.3. The van der Waals surface area contributed by atoms with Crippen molar-refractivity contribution in [3.63, 3.8) is 0 Å². The van der Waals surface area contributed by atoms with Gasteiger partial charge >= 0.3 is 5.97 Å². The third-order valence-electron chi connectivity index (χ3n) is 5.65. The number of β-lactam (4-membered cyclic amide) rings is 1. The molecule has 2 aliphatic rings. The van der Waals surface area contributed by atoms with Gasteiger partial charge < -0.3 is 15.2 Å². The van der Waals surface area contributed by atoms with Crippen LogP contribution < -0.4 is 5.32 Å². The van der Waals surface area contributed by atoms with Crippen LogP contribution in [0.3, 0.4) is 0 Å². The maximum Gasteiger partial charge on any atom is 0.356 e. The second-order valence-corrected chi connectivity index (χ2v) is 8.94. The van der Waals surface area contributed by atoms with Gasteiger partial charge in [-0.1, -0.05) is 23.9 Å². The maximum atomic E-state index is 13.1. The molecule has 176 valence electrons. The summed E-state index contributed by atoms with van der Waals surface area (Å²) in [6.07, 6.45) is -0.881. The van der Waals surface area contributed by atoms with Gasteiger partial charge in [-0.25, -0.2) is 4.79 Å². The van der Waals surface area contributed by atoms with E-state index in [1.807, 2.05) is 0 Å². The monoisotopic (exact) mass is 483 g/mol. The summed E-state index contributed by atoms with van der Waals surface area (Å²) >= 11 is 1.29. The number of nitro groups is 1. The number of fused-ring (bicyclic) bond motifs is 1. The van der Waals surface area contributed by atoms with Crippen molar-refractivity contribution in [1.82, 2.24) is 10.2 Å². The maximum absolute atomic E-state index is 13.1. The predicted octanol–water partition coefficient (Wildman–Crippen LogP) is 2.28. The fraction of sp³-hybridized carbons (Fsp3) is 0.261. The first-order chi connectivity index (χ1) is 16.2. The van der Waals surface area contributed by atoms with Crippen molar-refractivity contribution in [3.8, 4) is 0 Å². The zero-order valence-electron chi connectivity index (χ0n) is 18.3. The largest absolute Gasteiger partial charge is 0.456 e. The average Bonchev–Trinajstić information content (AvgIpc) is 3.17. The highest BCUT2D eigenvalue weighted by molar-refractivity contribution is 8.09. The number of rotatable bonds is 7. The van der Waals surface area contributed by atoms with Gasteiger partial charge in [-0.2, -0.15) is 0 Å². The van der Waals surface area contributed by atoms with E-state index in [-0.39, 0.29) is 29.8 Å². The highest BCUT2D eigenvalue weighted by Gasteiger charge is 2.58. The molecule has 0 radical (unpaired) electrons. The lowest BCUT2D eigenvalue weighted by atomic mass is 9.92. The Morgan fingerprint density at radius 3 is 2.41 bits per heavy atom. The van der Waals surface area contributed by atoms with Crippen LogP contribution in [0.2, 0.25) is 0 Å². The fourth-order valence-electron chi connectivity index (χ4n) is 3.82. The number of hydrogen-bond acceptors (Lipinski definition) is 8. The van der Waals surface area contributed by atoms with Gasteiger partial charge in [0, 0.05) is 29.6 Å². The molecule has 1 saturated heterocycles. The first-order valence-electron chi connectivity index (χ1n) is 10.4. The topological polar surface area (TPSA) is 139 Å². The van der Waals surface area contributed by atoms with E-state index in [0.717, 1.165) is 0 Å². The molecule has 11 heteroatoms. The second kappa shape index (κ2) is 9.27. The third kappa shape index (κ3) is 4.15. The molecule has 0 aliphatic carbocycles. The molecular formula is C23H21N3O7S. The molecule has 0 bridgehead atoms. The van der Waals surface area contributed by atoms with Gasteiger partial charge in [0.05, 0.1) is 16.9 Å². The van der Waals surface area contributed by atoms with Gasteiger partial charge in [-0.3, -0.25) is 24.6 Å². The van der Waals surface area contributed by atoms with Gasteiger partial charge in [0.25, 0.3) is 11.6 Å². The zero-order chi connectivity index (χ0) is 24.6. The molecule has 0 unspecified atom stereocenters. The van der Waals surface area contributed by atoms with Crippen molar-refractivity contribution in [2.75, 3.05) is 7.05 Å². The minimum absolute atomic E-state index is 0.0755. The molecule has 0 saturated carbocycles. The molecule has 2 aromatic carbocycles. The summed E-state index contributed by atoms with van der Waals surface area (Å²) in [5, 5.41) is 22.9. The Hall–Kier alpha value is -3.70. The highest BCUT2D eigenvalue weighted by atomic mass is 32.2. The van der Waals surface area contributed by atoms with Crippen LogP contribution in [-0.2, 0) is 20.9 Å². The smallest absolute Gasteiger partial charge is 0.356 e. The predicted molar refractivity (Wildman–Crippen MR) is 123 cm³/mol. The van der Waals surface area contributed by atoms with Crippen LogP contribution in [0.5, 0.6) is 0 Å². The van der Waals surface area contributed by atoms with E-state index in [9.17, 15) is 29.6 Å². The number of nitrogens with zero attached hydrogens (tertiary/aromatic N) is 2. The molecule has 2 N–H and O–H groups in total. The summed E-state index contributed by atoms with van der Waals surface area (Å²) in [7, 11) is 1.53. The van der Waals surface area contributed by atoms with E-state index in [4.69, 9.17) is 4.74 Å². The minimum atomic E-state index is -0.881. The van der Waals surface area contributed by atoms with E-state index in [1.54, 1.807) is 24.3 Å². The Kier molecular flexibility index (Phi) is 6.40. The molecule has 0 spiro atoms. The Balaban J connectivity index is 1.60. The standard InChI is InChI=1S/C23H21N3O7S/c1-12(27)17-21(29)25-18(23(30)33-11-13-3-9-16(10-4-13)26(31)32)19(34-22(17)25)14-5-7-15(8-6-14)20(28)24-2/h3-10,12,17,22,27H,11H2,1-2H3,(H,24,28)/t12-,17+,22-/m1/s1. The number of hydrogen-bond donors (Lipinski definition) is 2.